The van der Waals surface area contributed by atoms with Crippen molar-refractivity contribution < 1.29 is 0 Å². The molecule has 2 aromatic rings. The van der Waals surface area contributed by atoms with Crippen LogP contribution in [0.1, 0.15) is 17.5 Å². The van der Waals surface area contributed by atoms with Crippen LogP contribution in [0.25, 0.3) is 11.0 Å². The number of terminal acetylenes is 1. The van der Waals surface area contributed by atoms with Crippen molar-refractivity contribution in [2.24, 2.45) is 0 Å². The number of hydrogen-bond donors (Lipinski definition) is 0. The van der Waals surface area contributed by atoms with E-state index in [1.165, 1.54) is 11.1 Å². The average molecular weight is 199 g/mol. The topological polar surface area (TPSA) is 30.7 Å². The molecule has 3 heteroatoms. The molecular weight excluding hydrogens is 186 g/mol. The van der Waals surface area contributed by atoms with E-state index in [9.17, 15) is 0 Å². The second kappa shape index (κ2) is 3.74. The Morgan fingerprint density at radius 2 is 2.13 bits per heavy atom. The van der Waals surface area contributed by atoms with Gasteiger partial charge in [-0.2, -0.15) is 15.0 Å². The molecule has 1 heterocycles. The van der Waals surface area contributed by atoms with Gasteiger partial charge in [0.1, 0.15) is 11.0 Å². The molecule has 0 saturated carbocycles. The minimum atomic E-state index is 0.666. The van der Waals surface area contributed by atoms with Gasteiger partial charge in [-0.15, -0.1) is 12.3 Å². The molecule has 0 saturated heterocycles. The van der Waals surface area contributed by atoms with Crippen molar-refractivity contribution in [2.75, 3.05) is 0 Å². The molecule has 0 atom stereocenters. The Balaban J connectivity index is 2.47. The number of aryl methyl sites for hydroxylation is 3. The highest BCUT2D eigenvalue weighted by Gasteiger charge is 2.06. The van der Waals surface area contributed by atoms with E-state index >= 15 is 0 Å². The summed E-state index contributed by atoms with van der Waals surface area (Å²) in [5.74, 6) is 2.59. The van der Waals surface area contributed by atoms with Gasteiger partial charge < -0.3 is 0 Å². The Hall–Kier alpha value is -1.82. The minimum Gasteiger partial charge on any atom is -0.183 e. The van der Waals surface area contributed by atoms with E-state index in [1.54, 1.807) is 4.80 Å². The first-order valence-electron chi connectivity index (χ1n) is 4.97. The van der Waals surface area contributed by atoms with Gasteiger partial charge >= 0.3 is 0 Å². The van der Waals surface area contributed by atoms with E-state index in [0.29, 0.717) is 13.0 Å². The van der Waals surface area contributed by atoms with Crippen LogP contribution in [-0.4, -0.2) is 15.0 Å². The Bertz CT molecular complexity index is 532. The fourth-order valence-electron chi connectivity index (χ4n) is 1.52. The second-order valence-electron chi connectivity index (χ2n) is 3.63. The summed E-state index contributed by atoms with van der Waals surface area (Å²) < 4.78 is 0. The Morgan fingerprint density at radius 1 is 1.33 bits per heavy atom. The van der Waals surface area contributed by atoms with Crippen LogP contribution in [0.15, 0.2) is 12.1 Å². The lowest BCUT2D eigenvalue weighted by Gasteiger charge is -1.96. The number of nitrogens with zero attached hydrogens (tertiary/aromatic N) is 3. The van der Waals surface area contributed by atoms with Crippen LogP contribution in [0.4, 0.5) is 0 Å². The predicted molar refractivity (Wildman–Crippen MR) is 60.5 cm³/mol. The van der Waals surface area contributed by atoms with E-state index in [1.807, 2.05) is 6.07 Å². The molecule has 3 nitrogen and oxygen atoms in total. The average Bonchev–Trinajstić information content (AvgIpc) is 2.64. The summed E-state index contributed by atoms with van der Waals surface area (Å²) >= 11 is 0. The molecule has 1 aromatic heterocycles. The van der Waals surface area contributed by atoms with Crippen molar-refractivity contribution in [3.63, 3.8) is 0 Å². The quantitative estimate of drug-likeness (QED) is 0.693. The van der Waals surface area contributed by atoms with Gasteiger partial charge in [-0.1, -0.05) is 6.07 Å². The van der Waals surface area contributed by atoms with Crippen molar-refractivity contribution in [3.05, 3.63) is 23.3 Å². The van der Waals surface area contributed by atoms with Crippen LogP contribution in [0.5, 0.6) is 0 Å². The summed E-state index contributed by atoms with van der Waals surface area (Å²) in [6.07, 6.45) is 5.87. The molecule has 0 N–H and O–H groups in total. The number of rotatable bonds is 2. The largest absolute Gasteiger partial charge is 0.183 e. The molecule has 0 radical (unpaired) electrons. The zero-order chi connectivity index (χ0) is 10.8. The number of fused-ring (bicyclic) bond motifs is 1. The molecule has 76 valence electrons. The third-order valence-corrected chi connectivity index (χ3v) is 2.58. The Morgan fingerprint density at radius 3 is 2.87 bits per heavy atom. The van der Waals surface area contributed by atoms with E-state index < -0.39 is 0 Å². The smallest absolute Gasteiger partial charge is 0.116 e. The zero-order valence-electron chi connectivity index (χ0n) is 8.99. The highest BCUT2D eigenvalue weighted by Crippen LogP contribution is 2.17. The van der Waals surface area contributed by atoms with Gasteiger partial charge in [0.25, 0.3) is 0 Å². The van der Waals surface area contributed by atoms with Gasteiger partial charge in [-0.3, -0.25) is 0 Å². The third kappa shape index (κ3) is 1.71. The molecule has 0 spiro atoms. The first kappa shape index (κ1) is 9.72. The van der Waals surface area contributed by atoms with Crippen LogP contribution in [0.2, 0.25) is 0 Å². The zero-order valence-corrected chi connectivity index (χ0v) is 8.99. The third-order valence-electron chi connectivity index (χ3n) is 2.58. The second-order valence-corrected chi connectivity index (χ2v) is 3.63. The van der Waals surface area contributed by atoms with Crippen LogP contribution in [0, 0.1) is 26.2 Å². The van der Waals surface area contributed by atoms with Crippen LogP contribution >= 0.6 is 0 Å². The number of benzene rings is 1. The molecule has 0 aliphatic carbocycles. The van der Waals surface area contributed by atoms with Crippen LogP contribution < -0.4 is 0 Å². The van der Waals surface area contributed by atoms with E-state index in [4.69, 9.17) is 6.42 Å². The predicted octanol–water partition coefficient (Wildman–Crippen LogP) is 2.07. The first-order valence-corrected chi connectivity index (χ1v) is 4.97. The molecule has 0 aliphatic rings. The van der Waals surface area contributed by atoms with E-state index in [-0.39, 0.29) is 0 Å². The summed E-state index contributed by atoms with van der Waals surface area (Å²) in [5, 5.41) is 8.78. The van der Waals surface area contributed by atoms with Crippen molar-refractivity contribution >= 4 is 11.0 Å². The highest BCUT2D eigenvalue weighted by molar-refractivity contribution is 5.78. The maximum absolute atomic E-state index is 5.21. The maximum atomic E-state index is 5.21. The van der Waals surface area contributed by atoms with Crippen molar-refractivity contribution in [1.82, 2.24) is 15.0 Å². The molecule has 1 aromatic carbocycles. The van der Waals surface area contributed by atoms with Gasteiger partial charge in [0, 0.05) is 6.42 Å². The van der Waals surface area contributed by atoms with Gasteiger partial charge in [0.05, 0.1) is 6.54 Å². The van der Waals surface area contributed by atoms with Crippen LogP contribution in [-0.2, 0) is 6.54 Å². The number of aromatic nitrogens is 3. The fraction of sp³-hybridized carbons (Fsp3) is 0.333. The van der Waals surface area contributed by atoms with Gasteiger partial charge in [0.2, 0.25) is 0 Å². The monoisotopic (exact) mass is 199 g/mol. The molecule has 15 heavy (non-hydrogen) atoms. The summed E-state index contributed by atoms with van der Waals surface area (Å²) in [5.41, 5.74) is 4.35. The minimum absolute atomic E-state index is 0.666. The first-order chi connectivity index (χ1) is 7.22. The van der Waals surface area contributed by atoms with Crippen molar-refractivity contribution in [2.45, 2.75) is 26.8 Å². The van der Waals surface area contributed by atoms with Crippen molar-refractivity contribution in [3.8, 4) is 12.3 Å². The Labute approximate surface area is 89.1 Å². The summed E-state index contributed by atoms with van der Waals surface area (Å²) in [7, 11) is 0. The summed E-state index contributed by atoms with van der Waals surface area (Å²) in [6, 6.07) is 4.06. The highest BCUT2D eigenvalue weighted by atomic mass is 15.5. The SMILES string of the molecule is C#CCCn1nc2ccc(C)c(C)c2n1. The molecule has 2 rings (SSSR count). The summed E-state index contributed by atoms with van der Waals surface area (Å²) in [6.45, 7) is 4.83. The molecule has 0 fully saturated rings. The lowest BCUT2D eigenvalue weighted by Crippen LogP contribution is -2.00. The molecule has 0 aliphatic heterocycles. The molecule has 0 amide bonds. The molecule has 0 bridgehead atoms. The van der Waals surface area contributed by atoms with Gasteiger partial charge in [0.15, 0.2) is 0 Å². The van der Waals surface area contributed by atoms with Crippen molar-refractivity contribution in [1.29, 1.82) is 0 Å². The Kier molecular flexibility index (Phi) is 2.42. The summed E-state index contributed by atoms with van der Waals surface area (Å²) in [4.78, 5) is 1.68. The maximum Gasteiger partial charge on any atom is 0.116 e. The molecular formula is C12H13N3. The van der Waals surface area contributed by atoms with Gasteiger partial charge in [-0.25, -0.2) is 0 Å². The van der Waals surface area contributed by atoms with Crippen LogP contribution in [0.3, 0.4) is 0 Å². The number of hydrogen-bond acceptors (Lipinski definition) is 2. The van der Waals surface area contributed by atoms with E-state index in [0.717, 1.165) is 11.0 Å². The fourth-order valence-corrected chi connectivity index (χ4v) is 1.52. The van der Waals surface area contributed by atoms with E-state index in [2.05, 4.69) is 36.0 Å². The standard InChI is InChI=1S/C12H13N3/c1-4-5-8-15-13-11-7-6-9(2)10(3)12(11)14-15/h1,6-7H,5,8H2,2-3H3. The normalized spacial score (nSPS) is 10.5. The van der Waals surface area contributed by atoms with Gasteiger partial charge in [-0.05, 0) is 31.0 Å². The molecule has 0 unspecified atom stereocenters. The lowest BCUT2D eigenvalue weighted by atomic mass is 10.1. The lowest BCUT2D eigenvalue weighted by molar-refractivity contribution is 0.555.